The maximum atomic E-state index is 12.7. The molecule has 0 saturated heterocycles. The molecule has 3 saturated carbocycles. The van der Waals surface area contributed by atoms with Gasteiger partial charge in [-0.25, -0.2) is 9.97 Å². The minimum Gasteiger partial charge on any atom is -0.469 e. The summed E-state index contributed by atoms with van der Waals surface area (Å²) in [5.41, 5.74) is 2.01. The van der Waals surface area contributed by atoms with E-state index in [1.54, 1.807) is 0 Å². The van der Waals surface area contributed by atoms with Crippen LogP contribution in [0.1, 0.15) is 25.7 Å². The molecule has 0 aliphatic heterocycles. The molecule has 0 radical (unpaired) electrons. The number of halogens is 1. The molecule has 2 atom stereocenters. The van der Waals surface area contributed by atoms with E-state index in [4.69, 9.17) is 9.72 Å². The molecular weight excluding hydrogens is 480 g/mol. The summed E-state index contributed by atoms with van der Waals surface area (Å²) in [6.07, 6.45) is 4.46. The molecule has 0 amide bonds. The van der Waals surface area contributed by atoms with Crippen molar-refractivity contribution in [1.82, 2.24) is 9.97 Å². The van der Waals surface area contributed by atoms with E-state index in [1.165, 1.54) is 7.11 Å². The van der Waals surface area contributed by atoms with Crippen molar-refractivity contribution in [2.45, 2.75) is 31.7 Å². The standard InChI is InChI=1S/C26H27BrN4O2/c1-33-25(32)23-17-12-14-18(15-13-17)24(23)28-21-16-22(30-26(27)29-21)31(19-8-4-2-5-9-19)20-10-6-3-7-11-20/h2-11,16-18,23-24H,12-15H2,1H3,(H,28,29,30). The zero-order valence-corrected chi connectivity index (χ0v) is 20.1. The number of hydrogen-bond acceptors (Lipinski definition) is 6. The van der Waals surface area contributed by atoms with Gasteiger partial charge in [-0.3, -0.25) is 9.69 Å². The Kier molecular flexibility index (Phi) is 6.31. The maximum Gasteiger partial charge on any atom is 0.311 e. The Labute approximate surface area is 202 Å². The predicted octanol–water partition coefficient (Wildman–Crippen LogP) is 6.10. The van der Waals surface area contributed by atoms with Crippen LogP contribution >= 0.6 is 15.9 Å². The topological polar surface area (TPSA) is 67.3 Å². The zero-order chi connectivity index (χ0) is 22.8. The third-order valence-corrected chi connectivity index (χ3v) is 7.30. The lowest BCUT2D eigenvalue weighted by atomic mass is 9.61. The van der Waals surface area contributed by atoms with Gasteiger partial charge in [0.2, 0.25) is 4.73 Å². The fourth-order valence-electron chi connectivity index (χ4n) is 5.47. The number of nitrogens with one attached hydrogen (secondary N) is 1. The molecule has 33 heavy (non-hydrogen) atoms. The summed E-state index contributed by atoms with van der Waals surface area (Å²) in [7, 11) is 1.48. The first-order valence-corrected chi connectivity index (χ1v) is 12.2. The quantitative estimate of drug-likeness (QED) is 0.321. The zero-order valence-electron chi connectivity index (χ0n) is 18.5. The van der Waals surface area contributed by atoms with Crippen LogP contribution in [0.15, 0.2) is 71.5 Å². The van der Waals surface area contributed by atoms with E-state index in [0.717, 1.165) is 42.9 Å². The second-order valence-electron chi connectivity index (χ2n) is 8.78. The van der Waals surface area contributed by atoms with Gasteiger partial charge in [-0.05, 0) is 77.7 Å². The van der Waals surface area contributed by atoms with Gasteiger partial charge in [0, 0.05) is 23.5 Å². The number of para-hydroxylation sites is 2. The number of anilines is 4. The van der Waals surface area contributed by atoms with E-state index in [2.05, 4.69) is 55.4 Å². The van der Waals surface area contributed by atoms with Crippen molar-refractivity contribution in [3.05, 3.63) is 71.5 Å². The van der Waals surface area contributed by atoms with Crippen molar-refractivity contribution in [3.63, 3.8) is 0 Å². The van der Waals surface area contributed by atoms with Crippen LogP contribution in [0.3, 0.4) is 0 Å². The van der Waals surface area contributed by atoms with Crippen LogP contribution in [-0.4, -0.2) is 29.1 Å². The minimum atomic E-state index is -0.140. The first-order chi connectivity index (χ1) is 16.1. The first kappa shape index (κ1) is 21.9. The fraction of sp³-hybridized carbons (Fsp3) is 0.346. The summed E-state index contributed by atoms with van der Waals surface area (Å²) in [6, 6.07) is 22.3. The number of carbonyl (C=O) groups excluding carboxylic acids is 1. The number of fused-ring (bicyclic) bond motifs is 3. The Morgan fingerprint density at radius 1 is 0.939 bits per heavy atom. The van der Waals surface area contributed by atoms with Crippen LogP contribution in [0.4, 0.5) is 23.0 Å². The first-order valence-electron chi connectivity index (χ1n) is 11.4. The molecule has 3 aromatic rings. The number of carbonyl (C=O) groups is 1. The molecule has 1 N–H and O–H groups in total. The molecule has 6 rings (SSSR count). The summed E-state index contributed by atoms with van der Waals surface area (Å²) in [5.74, 6) is 2.00. The average Bonchev–Trinajstić information content (AvgIpc) is 2.85. The monoisotopic (exact) mass is 506 g/mol. The summed E-state index contributed by atoms with van der Waals surface area (Å²) >= 11 is 3.51. The highest BCUT2D eigenvalue weighted by atomic mass is 79.9. The summed E-state index contributed by atoms with van der Waals surface area (Å²) in [5, 5.41) is 3.61. The molecule has 2 aromatic carbocycles. The Bertz CT molecular complexity index is 1060. The van der Waals surface area contributed by atoms with Crippen LogP contribution in [0.2, 0.25) is 0 Å². The Morgan fingerprint density at radius 2 is 1.52 bits per heavy atom. The molecule has 1 heterocycles. The molecule has 3 fully saturated rings. The molecular formula is C26H27BrN4O2. The molecule has 7 heteroatoms. The highest BCUT2D eigenvalue weighted by Gasteiger charge is 2.48. The van der Waals surface area contributed by atoms with Gasteiger partial charge < -0.3 is 10.1 Å². The lowest BCUT2D eigenvalue weighted by Crippen LogP contribution is -2.51. The van der Waals surface area contributed by atoms with Gasteiger partial charge in [0.1, 0.15) is 11.6 Å². The van der Waals surface area contributed by atoms with Crippen molar-refractivity contribution < 1.29 is 9.53 Å². The highest BCUT2D eigenvalue weighted by molar-refractivity contribution is 9.10. The van der Waals surface area contributed by atoms with E-state index in [0.29, 0.717) is 22.4 Å². The van der Waals surface area contributed by atoms with Crippen molar-refractivity contribution in [2.24, 2.45) is 17.8 Å². The van der Waals surface area contributed by atoms with Crippen molar-refractivity contribution in [2.75, 3.05) is 17.3 Å². The van der Waals surface area contributed by atoms with Gasteiger partial charge >= 0.3 is 5.97 Å². The normalized spacial score (nSPS) is 23.7. The summed E-state index contributed by atoms with van der Waals surface area (Å²) < 4.78 is 5.68. The average molecular weight is 507 g/mol. The molecule has 170 valence electrons. The van der Waals surface area contributed by atoms with Crippen LogP contribution < -0.4 is 10.2 Å². The molecule has 6 nitrogen and oxygen atoms in total. The molecule has 2 unspecified atom stereocenters. The van der Waals surface area contributed by atoms with E-state index >= 15 is 0 Å². The van der Waals surface area contributed by atoms with E-state index in [9.17, 15) is 4.79 Å². The third-order valence-electron chi connectivity index (χ3n) is 6.95. The Morgan fingerprint density at radius 3 is 2.09 bits per heavy atom. The number of benzene rings is 2. The molecule has 3 aliphatic rings. The maximum absolute atomic E-state index is 12.7. The van der Waals surface area contributed by atoms with Crippen molar-refractivity contribution >= 4 is 44.9 Å². The Balaban J connectivity index is 1.51. The number of nitrogens with zero attached hydrogens (tertiary/aromatic N) is 3. The molecule has 2 bridgehead atoms. The van der Waals surface area contributed by atoms with Crippen LogP contribution in [-0.2, 0) is 9.53 Å². The number of ether oxygens (including phenoxy) is 1. The second-order valence-corrected chi connectivity index (χ2v) is 9.49. The van der Waals surface area contributed by atoms with E-state index < -0.39 is 0 Å². The van der Waals surface area contributed by atoms with Crippen LogP contribution in [0.25, 0.3) is 0 Å². The van der Waals surface area contributed by atoms with Gasteiger partial charge in [-0.2, -0.15) is 0 Å². The SMILES string of the molecule is COC(=O)C1C2CCC(CC2)C1Nc1cc(N(c2ccccc2)c2ccccc2)nc(Br)n1. The summed E-state index contributed by atoms with van der Waals surface area (Å²) in [4.78, 5) is 24.1. The lowest BCUT2D eigenvalue weighted by Gasteiger charge is -2.47. The largest absolute Gasteiger partial charge is 0.469 e. The van der Waals surface area contributed by atoms with E-state index in [1.807, 2.05) is 42.5 Å². The number of aromatic nitrogens is 2. The number of methoxy groups -OCH3 is 1. The Hall–Kier alpha value is -2.93. The predicted molar refractivity (Wildman–Crippen MR) is 133 cm³/mol. The minimum absolute atomic E-state index is 0.0153. The summed E-state index contributed by atoms with van der Waals surface area (Å²) in [6.45, 7) is 0. The second kappa shape index (κ2) is 9.51. The van der Waals surface area contributed by atoms with Crippen molar-refractivity contribution in [1.29, 1.82) is 0 Å². The third kappa shape index (κ3) is 4.47. The van der Waals surface area contributed by atoms with Gasteiger partial charge in [-0.1, -0.05) is 36.4 Å². The number of hydrogen-bond donors (Lipinski definition) is 1. The lowest BCUT2D eigenvalue weighted by molar-refractivity contribution is -0.152. The number of rotatable bonds is 6. The van der Waals surface area contributed by atoms with Gasteiger partial charge in [0.05, 0.1) is 13.0 Å². The van der Waals surface area contributed by atoms with Gasteiger partial charge in [0.25, 0.3) is 0 Å². The highest BCUT2D eigenvalue weighted by Crippen LogP contribution is 2.47. The van der Waals surface area contributed by atoms with Crippen molar-refractivity contribution in [3.8, 4) is 0 Å². The fourth-order valence-corrected chi connectivity index (χ4v) is 5.84. The van der Waals surface area contributed by atoms with Gasteiger partial charge in [-0.15, -0.1) is 0 Å². The van der Waals surface area contributed by atoms with E-state index in [-0.39, 0.29) is 17.9 Å². The molecule has 0 spiro atoms. The number of esters is 1. The van der Waals surface area contributed by atoms with Crippen LogP contribution in [0, 0.1) is 17.8 Å². The molecule has 1 aromatic heterocycles. The van der Waals surface area contributed by atoms with Crippen LogP contribution in [0.5, 0.6) is 0 Å². The van der Waals surface area contributed by atoms with Gasteiger partial charge in [0.15, 0.2) is 0 Å². The molecule has 3 aliphatic carbocycles. The smallest absolute Gasteiger partial charge is 0.311 e.